The summed E-state index contributed by atoms with van der Waals surface area (Å²) in [5.74, 6) is 1.58. The van der Waals surface area contributed by atoms with Crippen molar-refractivity contribution in [2.24, 2.45) is 0 Å². The quantitative estimate of drug-likeness (QED) is 0.803. The molecule has 1 fully saturated rings. The van der Waals surface area contributed by atoms with Crippen molar-refractivity contribution < 1.29 is 19.1 Å². The lowest BCUT2D eigenvalue weighted by atomic mass is 9.81. The lowest BCUT2D eigenvalue weighted by Gasteiger charge is -2.24. The molecule has 1 unspecified atom stereocenters. The second-order valence-corrected chi connectivity index (χ2v) is 7.99. The number of nitrogens with zero attached hydrogens (tertiary/aromatic N) is 2. The van der Waals surface area contributed by atoms with Gasteiger partial charge in [0.2, 0.25) is 18.6 Å². The second kappa shape index (κ2) is 6.79. The van der Waals surface area contributed by atoms with Crippen LogP contribution < -0.4 is 14.4 Å². The molecule has 2 amide bonds. The van der Waals surface area contributed by atoms with E-state index in [4.69, 9.17) is 9.47 Å². The Bertz CT molecular complexity index is 989. The fourth-order valence-corrected chi connectivity index (χ4v) is 4.80. The number of carbonyl (C=O) groups is 2. The molecule has 29 heavy (non-hydrogen) atoms. The van der Waals surface area contributed by atoms with Gasteiger partial charge in [0.15, 0.2) is 11.5 Å². The Hall–Kier alpha value is -3.02. The average molecular weight is 392 g/mol. The molecule has 3 aliphatic heterocycles. The third-order valence-electron chi connectivity index (χ3n) is 6.23. The van der Waals surface area contributed by atoms with Crippen LogP contribution in [0.5, 0.6) is 11.5 Å². The summed E-state index contributed by atoms with van der Waals surface area (Å²) < 4.78 is 10.7. The zero-order valence-electron chi connectivity index (χ0n) is 16.5. The molecule has 1 saturated heterocycles. The number of amides is 2. The van der Waals surface area contributed by atoms with Crippen LogP contribution >= 0.6 is 0 Å². The van der Waals surface area contributed by atoms with Crippen molar-refractivity contribution >= 4 is 17.5 Å². The van der Waals surface area contributed by atoms with Crippen LogP contribution in [0.3, 0.4) is 0 Å². The Morgan fingerprint density at radius 3 is 2.83 bits per heavy atom. The van der Waals surface area contributed by atoms with Crippen LogP contribution in [0, 0.1) is 0 Å². The summed E-state index contributed by atoms with van der Waals surface area (Å²) in [6.45, 7) is 4.06. The monoisotopic (exact) mass is 392 g/mol. The van der Waals surface area contributed by atoms with Crippen LogP contribution in [-0.4, -0.2) is 43.1 Å². The van der Waals surface area contributed by atoms with Gasteiger partial charge in [0, 0.05) is 25.3 Å². The third-order valence-corrected chi connectivity index (χ3v) is 6.23. The van der Waals surface area contributed by atoms with Crippen molar-refractivity contribution in [2.75, 3.05) is 31.3 Å². The average Bonchev–Trinajstić information content (AvgIpc) is 3.43. The number of benzene rings is 2. The van der Waals surface area contributed by atoms with Gasteiger partial charge in [-0.05, 0) is 42.2 Å². The van der Waals surface area contributed by atoms with Crippen molar-refractivity contribution in [3.63, 3.8) is 0 Å². The molecule has 2 aromatic carbocycles. The highest BCUT2D eigenvalue weighted by Crippen LogP contribution is 2.47. The highest BCUT2D eigenvalue weighted by molar-refractivity contribution is 6.09. The van der Waals surface area contributed by atoms with Gasteiger partial charge in [-0.1, -0.05) is 31.2 Å². The first-order valence-corrected chi connectivity index (χ1v) is 10.2. The zero-order valence-corrected chi connectivity index (χ0v) is 16.5. The SMILES string of the molecule is CCCN1C(=O)C2(CCN(C(=O)Cc3ccc4c(c3)OCO4)C2)c2ccccc21. The molecule has 0 aliphatic carbocycles. The van der Waals surface area contributed by atoms with E-state index in [0.29, 0.717) is 44.0 Å². The minimum Gasteiger partial charge on any atom is -0.454 e. The summed E-state index contributed by atoms with van der Waals surface area (Å²) in [7, 11) is 0. The Kier molecular flexibility index (Phi) is 4.23. The van der Waals surface area contributed by atoms with E-state index in [0.717, 1.165) is 23.2 Å². The first-order chi connectivity index (χ1) is 14.1. The molecule has 3 heterocycles. The predicted octanol–water partition coefficient (Wildman–Crippen LogP) is 2.88. The van der Waals surface area contributed by atoms with Crippen molar-refractivity contribution in [1.29, 1.82) is 0 Å². The van der Waals surface area contributed by atoms with E-state index in [1.54, 1.807) is 0 Å². The first kappa shape index (κ1) is 18.0. The van der Waals surface area contributed by atoms with Crippen LogP contribution in [0.2, 0.25) is 0 Å². The van der Waals surface area contributed by atoms with Gasteiger partial charge in [-0.3, -0.25) is 9.59 Å². The number of hydrogen-bond donors (Lipinski definition) is 0. The number of anilines is 1. The number of rotatable bonds is 4. The molecule has 6 heteroatoms. The summed E-state index contributed by atoms with van der Waals surface area (Å²) in [4.78, 5) is 30.1. The standard InChI is InChI=1S/C23H24N2O4/c1-2-10-25-18-6-4-3-5-17(18)23(22(25)27)9-11-24(14-23)21(26)13-16-7-8-19-20(12-16)29-15-28-19/h3-8,12H,2,9-11,13-15H2,1H3. The molecule has 2 aromatic rings. The molecular weight excluding hydrogens is 368 g/mol. The number of likely N-dealkylation sites (tertiary alicyclic amines) is 1. The smallest absolute Gasteiger partial charge is 0.239 e. The van der Waals surface area contributed by atoms with E-state index in [2.05, 4.69) is 13.0 Å². The van der Waals surface area contributed by atoms with Gasteiger partial charge in [-0.15, -0.1) is 0 Å². The maximum absolute atomic E-state index is 13.4. The lowest BCUT2D eigenvalue weighted by molar-refractivity contribution is -0.130. The molecule has 5 rings (SSSR count). The van der Waals surface area contributed by atoms with Crippen LogP contribution in [0.25, 0.3) is 0 Å². The molecule has 6 nitrogen and oxygen atoms in total. The van der Waals surface area contributed by atoms with Gasteiger partial charge < -0.3 is 19.3 Å². The van der Waals surface area contributed by atoms with Crippen LogP contribution in [0.1, 0.15) is 30.9 Å². The Morgan fingerprint density at radius 1 is 1.14 bits per heavy atom. The minimum atomic E-state index is -0.601. The molecule has 3 aliphatic rings. The van der Waals surface area contributed by atoms with Crippen LogP contribution in [0.15, 0.2) is 42.5 Å². The van der Waals surface area contributed by atoms with Gasteiger partial charge in [0.1, 0.15) is 0 Å². The van der Waals surface area contributed by atoms with Gasteiger partial charge in [0.25, 0.3) is 0 Å². The molecular formula is C23H24N2O4. The summed E-state index contributed by atoms with van der Waals surface area (Å²) in [6.07, 6.45) is 1.88. The number of para-hydroxylation sites is 1. The van der Waals surface area contributed by atoms with E-state index >= 15 is 0 Å². The number of fused-ring (bicyclic) bond motifs is 3. The number of ether oxygens (including phenoxy) is 2. The minimum absolute atomic E-state index is 0.0416. The molecule has 0 saturated carbocycles. The molecule has 150 valence electrons. The highest BCUT2D eigenvalue weighted by Gasteiger charge is 2.54. The highest BCUT2D eigenvalue weighted by atomic mass is 16.7. The summed E-state index contributed by atoms with van der Waals surface area (Å²) in [6, 6.07) is 13.6. The van der Waals surface area contributed by atoms with Gasteiger partial charge in [0.05, 0.1) is 11.8 Å². The zero-order chi connectivity index (χ0) is 20.0. The van der Waals surface area contributed by atoms with Gasteiger partial charge >= 0.3 is 0 Å². The Morgan fingerprint density at radius 2 is 1.97 bits per heavy atom. The first-order valence-electron chi connectivity index (χ1n) is 10.2. The lowest BCUT2D eigenvalue weighted by Crippen LogP contribution is -2.43. The Balaban J connectivity index is 1.36. The maximum Gasteiger partial charge on any atom is 0.239 e. The largest absolute Gasteiger partial charge is 0.454 e. The third kappa shape index (κ3) is 2.77. The molecule has 0 radical (unpaired) electrons. The van der Waals surface area contributed by atoms with Crippen molar-refractivity contribution in [3.05, 3.63) is 53.6 Å². The summed E-state index contributed by atoms with van der Waals surface area (Å²) >= 11 is 0. The topological polar surface area (TPSA) is 59.1 Å². The molecule has 0 N–H and O–H groups in total. The summed E-state index contributed by atoms with van der Waals surface area (Å²) in [5.41, 5.74) is 2.36. The number of hydrogen-bond acceptors (Lipinski definition) is 4. The van der Waals surface area contributed by atoms with Crippen LogP contribution in [0.4, 0.5) is 5.69 Å². The second-order valence-electron chi connectivity index (χ2n) is 7.99. The predicted molar refractivity (Wildman–Crippen MR) is 108 cm³/mol. The maximum atomic E-state index is 13.4. The number of carbonyl (C=O) groups excluding carboxylic acids is 2. The van der Waals surface area contributed by atoms with E-state index in [1.807, 2.05) is 46.2 Å². The van der Waals surface area contributed by atoms with E-state index in [9.17, 15) is 9.59 Å². The fourth-order valence-electron chi connectivity index (χ4n) is 4.80. The molecule has 1 spiro atoms. The fraction of sp³-hybridized carbons (Fsp3) is 0.391. The van der Waals surface area contributed by atoms with Crippen molar-refractivity contribution in [2.45, 2.75) is 31.6 Å². The van der Waals surface area contributed by atoms with Gasteiger partial charge in [-0.2, -0.15) is 0 Å². The normalized spacial score (nSPS) is 21.9. The van der Waals surface area contributed by atoms with E-state index in [-0.39, 0.29) is 18.6 Å². The summed E-state index contributed by atoms with van der Waals surface area (Å²) in [5, 5.41) is 0. The molecule has 1 atom stereocenters. The Labute approximate surface area is 170 Å². The molecule has 0 bridgehead atoms. The van der Waals surface area contributed by atoms with E-state index in [1.165, 1.54) is 0 Å². The van der Waals surface area contributed by atoms with Crippen LogP contribution in [-0.2, 0) is 21.4 Å². The molecule has 0 aromatic heterocycles. The van der Waals surface area contributed by atoms with E-state index < -0.39 is 5.41 Å². The van der Waals surface area contributed by atoms with Crippen molar-refractivity contribution in [3.8, 4) is 11.5 Å². The van der Waals surface area contributed by atoms with Gasteiger partial charge in [-0.25, -0.2) is 0 Å². The van der Waals surface area contributed by atoms with Crippen molar-refractivity contribution in [1.82, 2.24) is 4.90 Å².